The predicted molar refractivity (Wildman–Crippen MR) is 81.2 cm³/mol. The average Bonchev–Trinajstić information content (AvgIpc) is 3.02. The van der Waals surface area contributed by atoms with Gasteiger partial charge in [0.05, 0.1) is 17.3 Å². The summed E-state index contributed by atoms with van der Waals surface area (Å²) in [4.78, 5) is 12.1. The molecule has 6 heteroatoms. The zero-order valence-corrected chi connectivity index (χ0v) is 14.3. The molecule has 1 aromatic rings. The number of ether oxygens (including phenoxy) is 1. The van der Waals surface area contributed by atoms with E-state index in [0.29, 0.717) is 0 Å². The summed E-state index contributed by atoms with van der Waals surface area (Å²) in [6.45, 7) is 6.73. The summed E-state index contributed by atoms with van der Waals surface area (Å²) in [5.74, 6) is -5.44. The Kier molecular flexibility index (Phi) is 4.79. The van der Waals surface area contributed by atoms with E-state index in [9.17, 15) is 22.4 Å². The van der Waals surface area contributed by atoms with Gasteiger partial charge in [-0.25, -0.2) is 17.6 Å². The van der Waals surface area contributed by atoms with Gasteiger partial charge in [-0.1, -0.05) is 13.8 Å². The van der Waals surface area contributed by atoms with Gasteiger partial charge in [0.15, 0.2) is 11.6 Å². The zero-order valence-electron chi connectivity index (χ0n) is 14.3. The van der Waals surface area contributed by atoms with Gasteiger partial charge in [-0.15, -0.1) is 0 Å². The maximum Gasteiger partial charge on any atom is 0.310 e. The van der Waals surface area contributed by atoms with E-state index in [1.165, 1.54) is 26.8 Å². The summed E-state index contributed by atoms with van der Waals surface area (Å²) in [6, 6.07) is 0. The van der Waals surface area contributed by atoms with Gasteiger partial charge in [0.2, 0.25) is 0 Å². The fraction of sp³-hybridized carbons (Fsp3) is 0.500. The maximum absolute atomic E-state index is 14.1. The summed E-state index contributed by atoms with van der Waals surface area (Å²) in [5, 5.41) is 0. The van der Waals surface area contributed by atoms with Gasteiger partial charge in [-0.3, -0.25) is 4.79 Å². The first-order valence-electron chi connectivity index (χ1n) is 7.63. The van der Waals surface area contributed by atoms with Crippen LogP contribution in [0.5, 0.6) is 0 Å². The van der Waals surface area contributed by atoms with Crippen LogP contribution in [0.2, 0.25) is 0 Å². The molecule has 1 unspecified atom stereocenters. The molecule has 0 heterocycles. The molecule has 0 N–H and O–H groups in total. The van der Waals surface area contributed by atoms with E-state index >= 15 is 0 Å². The summed E-state index contributed by atoms with van der Waals surface area (Å²) < 4.78 is 59.7. The van der Waals surface area contributed by atoms with E-state index in [1.54, 1.807) is 13.8 Å². The molecular weight excluding hydrogens is 324 g/mol. The first kappa shape index (κ1) is 18.5. The molecule has 0 spiro atoms. The molecule has 0 amide bonds. The number of esters is 1. The lowest BCUT2D eigenvalue weighted by Crippen LogP contribution is -2.14. The van der Waals surface area contributed by atoms with Crippen LogP contribution in [0.15, 0.2) is 11.9 Å². The fourth-order valence-electron chi connectivity index (χ4n) is 3.00. The third kappa shape index (κ3) is 3.06. The van der Waals surface area contributed by atoms with Crippen molar-refractivity contribution in [1.29, 1.82) is 0 Å². The van der Waals surface area contributed by atoms with Gasteiger partial charge in [0.1, 0.15) is 12.4 Å². The third-order valence-corrected chi connectivity index (χ3v) is 4.88. The average molecular weight is 344 g/mol. The zero-order chi connectivity index (χ0) is 18.4. The van der Waals surface area contributed by atoms with Crippen LogP contribution in [-0.2, 0) is 16.1 Å². The van der Waals surface area contributed by atoms with Gasteiger partial charge in [-0.2, -0.15) is 0 Å². The molecule has 0 saturated heterocycles. The van der Waals surface area contributed by atoms with Crippen molar-refractivity contribution in [2.24, 2.45) is 17.3 Å². The second-order valence-corrected chi connectivity index (χ2v) is 6.86. The molecule has 2 atom stereocenters. The van der Waals surface area contributed by atoms with Crippen LogP contribution in [-0.4, -0.2) is 5.97 Å². The second-order valence-electron chi connectivity index (χ2n) is 6.86. The Labute approximate surface area is 138 Å². The van der Waals surface area contributed by atoms with Crippen LogP contribution in [0.1, 0.15) is 37.5 Å². The number of hydrogen-bond acceptors (Lipinski definition) is 2. The molecule has 1 saturated carbocycles. The molecule has 1 fully saturated rings. The number of benzene rings is 1. The monoisotopic (exact) mass is 344 g/mol. The molecular formula is C18H20F4O2. The van der Waals surface area contributed by atoms with Crippen molar-refractivity contribution in [3.63, 3.8) is 0 Å². The number of hydrogen-bond donors (Lipinski definition) is 0. The molecule has 2 nitrogen and oxygen atoms in total. The van der Waals surface area contributed by atoms with Crippen LogP contribution in [0.25, 0.3) is 0 Å². The maximum atomic E-state index is 14.1. The van der Waals surface area contributed by atoms with Crippen molar-refractivity contribution >= 4 is 5.97 Å². The topological polar surface area (TPSA) is 26.3 Å². The second kappa shape index (κ2) is 6.22. The normalized spacial score (nSPS) is 22.5. The number of rotatable bonds is 4. The highest BCUT2D eigenvalue weighted by Gasteiger charge is 2.61. The van der Waals surface area contributed by atoms with E-state index < -0.39 is 52.8 Å². The molecule has 0 aromatic heterocycles. The Morgan fingerprint density at radius 3 is 2.21 bits per heavy atom. The lowest BCUT2D eigenvalue weighted by Gasteiger charge is -2.12. The number of carbonyl (C=O) groups is 1. The van der Waals surface area contributed by atoms with Crippen LogP contribution in [0.3, 0.4) is 0 Å². The Morgan fingerprint density at radius 1 is 1.12 bits per heavy atom. The van der Waals surface area contributed by atoms with Crippen LogP contribution in [0.4, 0.5) is 17.6 Å². The van der Waals surface area contributed by atoms with Crippen molar-refractivity contribution in [2.75, 3.05) is 0 Å². The number of allylic oxidation sites excluding steroid dienone is 2. The predicted octanol–water partition coefficient (Wildman–Crippen LogP) is 4.91. The van der Waals surface area contributed by atoms with Crippen molar-refractivity contribution in [3.05, 3.63) is 46.0 Å². The fourth-order valence-corrected chi connectivity index (χ4v) is 3.00. The third-order valence-electron chi connectivity index (χ3n) is 4.88. The first-order chi connectivity index (χ1) is 11.0. The minimum Gasteiger partial charge on any atom is -0.460 e. The Balaban J connectivity index is 2.16. The molecule has 2 rings (SSSR count). The first-order valence-corrected chi connectivity index (χ1v) is 7.63. The number of halogens is 4. The summed E-state index contributed by atoms with van der Waals surface area (Å²) >= 11 is 0. The largest absolute Gasteiger partial charge is 0.460 e. The smallest absolute Gasteiger partial charge is 0.310 e. The summed E-state index contributed by atoms with van der Waals surface area (Å²) in [5.41, 5.74) is -1.25. The Hall–Kier alpha value is -1.85. The van der Waals surface area contributed by atoms with Crippen LogP contribution >= 0.6 is 0 Å². The minimum atomic E-state index is -1.35. The highest BCUT2D eigenvalue weighted by molar-refractivity contribution is 5.78. The molecule has 1 aromatic carbocycles. The van der Waals surface area contributed by atoms with Gasteiger partial charge < -0.3 is 4.74 Å². The summed E-state index contributed by atoms with van der Waals surface area (Å²) in [6.07, 6.45) is 1.34. The number of carbonyl (C=O) groups excluding carboxylic acids is 1. The standard InChI is InChI=1S/C18H20F4O2/c1-8(19)6-12-13(18(12,4)5)17(23)24-7-11-14(20)9(2)10(3)15(21)16(11)22/h6,12-13H,7H2,1-5H3/b8-6-/t12?,13-/m0/s1. The molecule has 1 aliphatic rings. The van der Waals surface area contributed by atoms with Crippen molar-refractivity contribution in [3.8, 4) is 0 Å². The Bertz CT molecular complexity index is 689. The van der Waals surface area contributed by atoms with Gasteiger partial charge in [-0.05, 0) is 49.3 Å². The van der Waals surface area contributed by atoms with Crippen molar-refractivity contribution < 1.29 is 27.1 Å². The minimum absolute atomic E-state index is 0.0273. The lowest BCUT2D eigenvalue weighted by atomic mass is 10.0. The van der Waals surface area contributed by atoms with Gasteiger partial charge in [0.25, 0.3) is 0 Å². The van der Waals surface area contributed by atoms with Crippen LogP contribution in [0, 0.1) is 48.5 Å². The van der Waals surface area contributed by atoms with Crippen LogP contribution < -0.4 is 0 Å². The van der Waals surface area contributed by atoms with Crippen molar-refractivity contribution in [2.45, 2.75) is 41.2 Å². The molecule has 132 valence electrons. The quantitative estimate of drug-likeness (QED) is 0.441. The highest BCUT2D eigenvalue weighted by atomic mass is 19.2. The van der Waals surface area contributed by atoms with Crippen molar-refractivity contribution in [1.82, 2.24) is 0 Å². The van der Waals surface area contributed by atoms with E-state index in [2.05, 4.69) is 0 Å². The molecule has 24 heavy (non-hydrogen) atoms. The molecule has 1 aliphatic carbocycles. The van der Waals surface area contributed by atoms with E-state index in [1.807, 2.05) is 0 Å². The highest BCUT2D eigenvalue weighted by Crippen LogP contribution is 2.59. The Morgan fingerprint density at radius 2 is 1.67 bits per heavy atom. The van der Waals surface area contributed by atoms with E-state index in [4.69, 9.17) is 4.74 Å². The molecule has 0 bridgehead atoms. The summed E-state index contributed by atoms with van der Waals surface area (Å²) in [7, 11) is 0. The van der Waals surface area contributed by atoms with Gasteiger partial charge >= 0.3 is 5.97 Å². The lowest BCUT2D eigenvalue weighted by molar-refractivity contribution is -0.147. The molecule has 0 radical (unpaired) electrons. The van der Waals surface area contributed by atoms with Gasteiger partial charge in [0, 0.05) is 0 Å². The van der Waals surface area contributed by atoms with E-state index in [0.717, 1.165) is 0 Å². The SMILES string of the molecule is C/C(F)=C/C1[C@@H](C(=O)OCc2c(F)c(C)c(C)c(F)c2F)C1(C)C. The molecule has 0 aliphatic heterocycles. The van der Waals surface area contributed by atoms with E-state index in [-0.39, 0.29) is 17.0 Å².